The largest absolute Gasteiger partial charge is 0.496 e. The van der Waals surface area contributed by atoms with Crippen molar-refractivity contribution in [1.29, 1.82) is 0 Å². The molecular formula is C31H25ClN6O4. The van der Waals surface area contributed by atoms with E-state index in [0.717, 1.165) is 33.8 Å². The van der Waals surface area contributed by atoms with Gasteiger partial charge in [0.05, 0.1) is 42.6 Å². The molecule has 6 aromatic rings. The van der Waals surface area contributed by atoms with Crippen molar-refractivity contribution in [3.63, 3.8) is 0 Å². The number of fused-ring (bicyclic) bond motifs is 4. The summed E-state index contributed by atoms with van der Waals surface area (Å²) in [5, 5.41) is 10.1. The van der Waals surface area contributed by atoms with Gasteiger partial charge in [0.15, 0.2) is 23.0 Å². The number of aromatic nitrogens is 6. The number of methoxy groups -OCH3 is 2. The third-order valence-electron chi connectivity index (χ3n) is 7.19. The standard InChI is InChI=1S/C31H25ClN6O4/c1-18-26-27(21-11-4-5-12-22(21)39-2)28-29-34-25(16-41-24-14-7-6-13-23(24)40-3)36-37(29)17-33-30(28)42-31(26)38(35-18)20-10-8-9-19(32)15-20/h4-15,17,27H,16H2,1-3H3/t27-/m0/s1. The number of para-hydroxylation sites is 3. The van der Waals surface area contributed by atoms with Gasteiger partial charge in [-0.15, -0.1) is 5.10 Å². The molecule has 4 heterocycles. The number of rotatable bonds is 7. The van der Waals surface area contributed by atoms with Crippen molar-refractivity contribution < 1.29 is 18.9 Å². The van der Waals surface area contributed by atoms with E-state index in [-0.39, 0.29) is 12.5 Å². The fourth-order valence-corrected chi connectivity index (χ4v) is 5.55. The molecule has 0 N–H and O–H groups in total. The quantitative estimate of drug-likeness (QED) is 0.221. The van der Waals surface area contributed by atoms with Crippen LogP contribution in [0.1, 0.15) is 34.1 Å². The van der Waals surface area contributed by atoms with E-state index in [9.17, 15) is 0 Å². The van der Waals surface area contributed by atoms with E-state index in [2.05, 4.69) is 10.1 Å². The second-order valence-electron chi connectivity index (χ2n) is 9.67. The molecule has 0 saturated carbocycles. The van der Waals surface area contributed by atoms with Gasteiger partial charge in [0.1, 0.15) is 18.7 Å². The molecule has 210 valence electrons. The molecule has 7 rings (SSSR count). The van der Waals surface area contributed by atoms with Crippen molar-refractivity contribution in [2.45, 2.75) is 19.4 Å². The van der Waals surface area contributed by atoms with E-state index in [1.807, 2.05) is 79.7 Å². The monoisotopic (exact) mass is 580 g/mol. The topological polar surface area (TPSA) is 97.8 Å². The van der Waals surface area contributed by atoms with Gasteiger partial charge in [0.25, 0.3) is 0 Å². The predicted molar refractivity (Wildman–Crippen MR) is 155 cm³/mol. The third-order valence-corrected chi connectivity index (χ3v) is 7.43. The van der Waals surface area contributed by atoms with Crippen molar-refractivity contribution in [2.24, 2.45) is 0 Å². The van der Waals surface area contributed by atoms with E-state index in [0.29, 0.717) is 39.8 Å². The Morgan fingerprint density at radius 1 is 0.881 bits per heavy atom. The highest BCUT2D eigenvalue weighted by atomic mass is 35.5. The van der Waals surface area contributed by atoms with E-state index in [1.54, 1.807) is 29.7 Å². The molecule has 10 nitrogen and oxygen atoms in total. The molecule has 0 amide bonds. The van der Waals surface area contributed by atoms with Crippen LogP contribution in [0.25, 0.3) is 11.3 Å². The second kappa shape index (κ2) is 10.4. The van der Waals surface area contributed by atoms with Gasteiger partial charge >= 0.3 is 0 Å². The summed E-state index contributed by atoms with van der Waals surface area (Å²) < 4.78 is 27.2. The SMILES string of the molecule is COc1ccccc1OCc1nc2c3c(ncn2n1)Oc1c(c(C)nn1-c1cccc(Cl)c1)[C@@H]3c1ccccc1OC. The van der Waals surface area contributed by atoms with Crippen LogP contribution < -0.4 is 18.9 Å². The lowest BCUT2D eigenvalue weighted by Crippen LogP contribution is -2.16. The molecule has 1 atom stereocenters. The van der Waals surface area contributed by atoms with Gasteiger partial charge in [0.2, 0.25) is 11.8 Å². The maximum absolute atomic E-state index is 6.50. The molecule has 42 heavy (non-hydrogen) atoms. The lowest BCUT2D eigenvalue weighted by atomic mass is 9.84. The number of halogens is 1. The minimum Gasteiger partial charge on any atom is -0.496 e. The summed E-state index contributed by atoms with van der Waals surface area (Å²) >= 11 is 6.33. The molecule has 1 aliphatic rings. The Balaban J connectivity index is 1.39. The van der Waals surface area contributed by atoms with Gasteiger partial charge < -0.3 is 18.9 Å². The average Bonchev–Trinajstić information content (AvgIpc) is 3.59. The van der Waals surface area contributed by atoms with Crippen LogP contribution >= 0.6 is 11.6 Å². The normalized spacial score (nSPS) is 13.8. The maximum atomic E-state index is 6.50. The molecule has 0 bridgehead atoms. The van der Waals surface area contributed by atoms with Crippen LogP contribution in [0.4, 0.5) is 0 Å². The summed E-state index contributed by atoms with van der Waals surface area (Å²) in [6, 6.07) is 22.8. The number of ether oxygens (including phenoxy) is 4. The Hall–Kier alpha value is -5.09. The molecular weight excluding hydrogens is 556 g/mol. The maximum Gasteiger partial charge on any atom is 0.230 e. The summed E-state index contributed by atoms with van der Waals surface area (Å²) in [6.07, 6.45) is 1.59. The van der Waals surface area contributed by atoms with Crippen LogP contribution in [0.15, 0.2) is 79.1 Å². The fourth-order valence-electron chi connectivity index (χ4n) is 5.36. The Kier molecular flexibility index (Phi) is 6.39. The second-order valence-corrected chi connectivity index (χ2v) is 10.1. The van der Waals surface area contributed by atoms with Gasteiger partial charge in [-0.2, -0.15) is 5.10 Å². The third kappa shape index (κ3) is 4.27. The van der Waals surface area contributed by atoms with Crippen LogP contribution in [0, 0.1) is 6.92 Å². The molecule has 3 aromatic heterocycles. The highest BCUT2D eigenvalue weighted by Gasteiger charge is 2.39. The van der Waals surface area contributed by atoms with Crippen molar-refractivity contribution in [2.75, 3.05) is 14.2 Å². The molecule has 0 fully saturated rings. The number of aryl methyl sites for hydroxylation is 1. The molecule has 3 aromatic carbocycles. The summed E-state index contributed by atoms with van der Waals surface area (Å²) in [5.74, 6) is 3.02. The molecule has 0 radical (unpaired) electrons. The van der Waals surface area contributed by atoms with Crippen LogP contribution in [-0.4, -0.2) is 43.6 Å². The highest BCUT2D eigenvalue weighted by Crippen LogP contribution is 2.51. The number of hydrogen-bond acceptors (Lipinski definition) is 8. The Bertz CT molecular complexity index is 1950. The fraction of sp³-hybridized carbons (Fsp3) is 0.161. The van der Waals surface area contributed by atoms with Crippen molar-refractivity contribution in [3.8, 4) is 34.7 Å². The zero-order chi connectivity index (χ0) is 28.8. The lowest BCUT2D eigenvalue weighted by molar-refractivity contribution is 0.276. The molecule has 1 aliphatic heterocycles. The summed E-state index contributed by atoms with van der Waals surface area (Å²) in [5.41, 5.74) is 4.69. The Morgan fingerprint density at radius 3 is 2.43 bits per heavy atom. The van der Waals surface area contributed by atoms with E-state index >= 15 is 0 Å². The van der Waals surface area contributed by atoms with E-state index in [1.165, 1.54) is 0 Å². The van der Waals surface area contributed by atoms with Gasteiger partial charge in [0, 0.05) is 10.6 Å². The van der Waals surface area contributed by atoms with Crippen molar-refractivity contribution in [1.82, 2.24) is 29.4 Å². The van der Waals surface area contributed by atoms with E-state index < -0.39 is 0 Å². The van der Waals surface area contributed by atoms with Crippen molar-refractivity contribution >= 4 is 17.2 Å². The van der Waals surface area contributed by atoms with Crippen molar-refractivity contribution in [3.05, 3.63) is 112 Å². The average molecular weight is 581 g/mol. The Morgan fingerprint density at radius 2 is 1.64 bits per heavy atom. The van der Waals surface area contributed by atoms with Gasteiger partial charge in [-0.3, -0.25) is 0 Å². The first-order chi connectivity index (χ1) is 20.6. The van der Waals surface area contributed by atoms with Crippen LogP contribution in [0.5, 0.6) is 29.0 Å². The molecule has 0 spiro atoms. The lowest BCUT2D eigenvalue weighted by Gasteiger charge is -2.27. The van der Waals surface area contributed by atoms with Crippen LogP contribution in [0.3, 0.4) is 0 Å². The zero-order valence-electron chi connectivity index (χ0n) is 23.0. The molecule has 11 heteroatoms. The smallest absolute Gasteiger partial charge is 0.230 e. The zero-order valence-corrected chi connectivity index (χ0v) is 23.7. The molecule has 0 unspecified atom stereocenters. The van der Waals surface area contributed by atoms with Crippen LogP contribution in [-0.2, 0) is 6.61 Å². The first kappa shape index (κ1) is 25.8. The molecule has 0 aliphatic carbocycles. The minimum absolute atomic E-state index is 0.133. The first-order valence-corrected chi connectivity index (χ1v) is 13.6. The number of benzene rings is 3. The Labute approximate surface area is 246 Å². The predicted octanol–water partition coefficient (Wildman–Crippen LogP) is 6.15. The van der Waals surface area contributed by atoms with Gasteiger partial charge in [-0.25, -0.2) is 19.2 Å². The van der Waals surface area contributed by atoms with Gasteiger partial charge in [-0.1, -0.05) is 48.0 Å². The molecule has 0 saturated heterocycles. The highest BCUT2D eigenvalue weighted by molar-refractivity contribution is 6.30. The first-order valence-electron chi connectivity index (χ1n) is 13.2. The van der Waals surface area contributed by atoms with E-state index in [4.69, 9.17) is 40.6 Å². The summed E-state index contributed by atoms with van der Waals surface area (Å²) in [4.78, 5) is 9.56. The summed E-state index contributed by atoms with van der Waals surface area (Å²) in [7, 11) is 3.26. The number of hydrogen-bond donors (Lipinski definition) is 0. The van der Waals surface area contributed by atoms with Gasteiger partial charge in [-0.05, 0) is 43.3 Å². The number of nitrogens with zero attached hydrogens (tertiary/aromatic N) is 6. The minimum atomic E-state index is -0.365. The summed E-state index contributed by atoms with van der Waals surface area (Å²) in [6.45, 7) is 2.09. The van der Waals surface area contributed by atoms with Crippen LogP contribution in [0.2, 0.25) is 5.02 Å².